The standard InChI is InChI=1S/C20H24N2O4S/c1-14-5-6-15(2)19(12-14)27(24,25)22-17-9-7-16(8-10-17)20(23)21-13-18-4-3-11-26-18/h5-10,12,18,22H,3-4,11,13H2,1-2H3,(H,21,23). The molecule has 6 nitrogen and oxygen atoms in total. The van der Waals surface area contributed by atoms with Crippen LogP contribution in [0.15, 0.2) is 47.4 Å². The molecule has 0 bridgehead atoms. The predicted octanol–water partition coefficient (Wildman–Crippen LogP) is 3.01. The first-order chi connectivity index (χ1) is 12.8. The summed E-state index contributed by atoms with van der Waals surface area (Å²) in [6.45, 7) is 4.84. The Bertz CT molecular complexity index is 917. The van der Waals surface area contributed by atoms with Crippen molar-refractivity contribution in [3.05, 3.63) is 59.2 Å². The third-order valence-electron chi connectivity index (χ3n) is 4.55. The molecule has 7 heteroatoms. The van der Waals surface area contributed by atoms with Crippen LogP contribution in [0.3, 0.4) is 0 Å². The summed E-state index contributed by atoms with van der Waals surface area (Å²) in [7, 11) is -3.69. The molecule has 0 saturated carbocycles. The van der Waals surface area contributed by atoms with Crippen LogP contribution in [0.4, 0.5) is 5.69 Å². The lowest BCUT2D eigenvalue weighted by atomic mass is 10.2. The normalized spacial score (nSPS) is 16.9. The van der Waals surface area contributed by atoms with Crippen molar-refractivity contribution in [2.75, 3.05) is 17.9 Å². The maximum absolute atomic E-state index is 12.6. The Hall–Kier alpha value is -2.38. The molecular formula is C20H24N2O4S. The van der Waals surface area contributed by atoms with Crippen molar-refractivity contribution in [2.24, 2.45) is 0 Å². The zero-order valence-electron chi connectivity index (χ0n) is 15.5. The van der Waals surface area contributed by atoms with E-state index in [1.54, 1.807) is 43.3 Å². The average Bonchev–Trinajstić information content (AvgIpc) is 3.15. The van der Waals surface area contributed by atoms with Crippen molar-refractivity contribution in [1.29, 1.82) is 0 Å². The molecule has 1 unspecified atom stereocenters. The zero-order chi connectivity index (χ0) is 19.4. The van der Waals surface area contributed by atoms with Crippen LogP contribution in [0.1, 0.15) is 34.3 Å². The number of carbonyl (C=O) groups excluding carboxylic acids is 1. The fourth-order valence-electron chi connectivity index (χ4n) is 3.01. The van der Waals surface area contributed by atoms with Crippen LogP contribution in [0.5, 0.6) is 0 Å². The number of nitrogens with one attached hydrogen (secondary N) is 2. The molecule has 1 heterocycles. The first-order valence-electron chi connectivity index (χ1n) is 8.95. The first kappa shape index (κ1) is 19.4. The van der Waals surface area contributed by atoms with Crippen molar-refractivity contribution < 1.29 is 17.9 Å². The number of carbonyl (C=O) groups is 1. The van der Waals surface area contributed by atoms with Crippen LogP contribution in [-0.2, 0) is 14.8 Å². The van der Waals surface area contributed by atoms with Crippen LogP contribution in [0, 0.1) is 13.8 Å². The monoisotopic (exact) mass is 388 g/mol. The minimum atomic E-state index is -3.69. The Labute approximate surface area is 160 Å². The molecule has 3 rings (SSSR count). The summed E-state index contributed by atoms with van der Waals surface area (Å²) in [6, 6.07) is 11.7. The molecule has 0 radical (unpaired) electrons. The lowest BCUT2D eigenvalue weighted by Gasteiger charge is -2.12. The predicted molar refractivity (Wildman–Crippen MR) is 104 cm³/mol. The van der Waals surface area contributed by atoms with E-state index in [1.807, 2.05) is 13.0 Å². The van der Waals surface area contributed by atoms with Gasteiger partial charge in [0.05, 0.1) is 11.0 Å². The fourth-order valence-corrected chi connectivity index (χ4v) is 4.40. The summed E-state index contributed by atoms with van der Waals surface area (Å²) in [4.78, 5) is 12.4. The van der Waals surface area contributed by atoms with Crippen molar-refractivity contribution >= 4 is 21.6 Å². The molecule has 0 spiro atoms. The second kappa shape index (κ2) is 8.10. The van der Waals surface area contributed by atoms with Gasteiger partial charge in [0.1, 0.15) is 0 Å². The molecule has 1 aliphatic heterocycles. The number of anilines is 1. The van der Waals surface area contributed by atoms with Gasteiger partial charge < -0.3 is 10.1 Å². The van der Waals surface area contributed by atoms with E-state index in [4.69, 9.17) is 4.74 Å². The van der Waals surface area contributed by atoms with E-state index in [-0.39, 0.29) is 16.9 Å². The lowest BCUT2D eigenvalue weighted by Crippen LogP contribution is -2.31. The summed E-state index contributed by atoms with van der Waals surface area (Å²) in [5, 5.41) is 2.85. The van der Waals surface area contributed by atoms with Crippen LogP contribution < -0.4 is 10.0 Å². The number of amides is 1. The molecule has 1 saturated heterocycles. The first-order valence-corrected chi connectivity index (χ1v) is 10.4. The van der Waals surface area contributed by atoms with Crippen molar-refractivity contribution in [3.8, 4) is 0 Å². The van der Waals surface area contributed by atoms with Gasteiger partial charge >= 0.3 is 0 Å². The summed E-state index contributed by atoms with van der Waals surface area (Å²) < 4.78 is 33.3. The van der Waals surface area contributed by atoms with Gasteiger partial charge in [0, 0.05) is 24.4 Å². The highest BCUT2D eigenvalue weighted by atomic mass is 32.2. The average molecular weight is 388 g/mol. The highest BCUT2D eigenvalue weighted by molar-refractivity contribution is 7.92. The van der Waals surface area contributed by atoms with Crippen LogP contribution >= 0.6 is 0 Å². The van der Waals surface area contributed by atoms with Crippen LogP contribution in [0.25, 0.3) is 0 Å². The SMILES string of the molecule is Cc1ccc(C)c(S(=O)(=O)Nc2ccc(C(=O)NCC3CCCO3)cc2)c1. The van der Waals surface area contributed by atoms with Gasteiger partial charge in [0.2, 0.25) is 0 Å². The Balaban J connectivity index is 1.66. The van der Waals surface area contributed by atoms with E-state index < -0.39 is 10.0 Å². The van der Waals surface area contributed by atoms with Crippen LogP contribution in [0.2, 0.25) is 0 Å². The molecule has 2 aromatic carbocycles. The number of benzene rings is 2. The largest absolute Gasteiger partial charge is 0.376 e. The number of hydrogen-bond acceptors (Lipinski definition) is 4. The lowest BCUT2D eigenvalue weighted by molar-refractivity contribution is 0.0858. The number of ether oxygens (including phenoxy) is 1. The van der Waals surface area contributed by atoms with Gasteiger partial charge in [0.15, 0.2) is 0 Å². The molecule has 144 valence electrons. The van der Waals surface area contributed by atoms with Gasteiger partial charge in [-0.15, -0.1) is 0 Å². The summed E-state index contributed by atoms with van der Waals surface area (Å²) >= 11 is 0. The Kier molecular flexibility index (Phi) is 5.82. The molecule has 0 aromatic heterocycles. The molecule has 27 heavy (non-hydrogen) atoms. The van der Waals surface area contributed by atoms with E-state index in [2.05, 4.69) is 10.0 Å². The van der Waals surface area contributed by atoms with Gasteiger partial charge in [0.25, 0.3) is 15.9 Å². The molecule has 2 aromatic rings. The third-order valence-corrected chi connectivity index (χ3v) is 6.07. The Morgan fingerprint density at radius 2 is 1.89 bits per heavy atom. The molecular weight excluding hydrogens is 364 g/mol. The molecule has 1 aliphatic rings. The van der Waals surface area contributed by atoms with Gasteiger partial charge in [-0.3, -0.25) is 9.52 Å². The second-order valence-corrected chi connectivity index (χ2v) is 8.45. The Morgan fingerprint density at radius 3 is 2.56 bits per heavy atom. The maximum atomic E-state index is 12.6. The van der Waals surface area contributed by atoms with Gasteiger partial charge in [-0.1, -0.05) is 12.1 Å². The van der Waals surface area contributed by atoms with E-state index in [0.29, 0.717) is 23.4 Å². The molecule has 1 fully saturated rings. The van der Waals surface area contributed by atoms with Crippen LogP contribution in [-0.4, -0.2) is 33.6 Å². The molecule has 2 N–H and O–H groups in total. The van der Waals surface area contributed by atoms with Crippen molar-refractivity contribution in [1.82, 2.24) is 5.32 Å². The number of aryl methyl sites for hydroxylation is 2. The molecule has 0 aliphatic carbocycles. The topological polar surface area (TPSA) is 84.5 Å². The minimum absolute atomic E-state index is 0.0811. The zero-order valence-corrected chi connectivity index (χ0v) is 16.3. The third kappa shape index (κ3) is 4.87. The highest BCUT2D eigenvalue weighted by Gasteiger charge is 2.18. The number of rotatable bonds is 6. The number of hydrogen-bond donors (Lipinski definition) is 2. The van der Waals surface area contributed by atoms with Gasteiger partial charge in [-0.25, -0.2) is 8.42 Å². The Morgan fingerprint density at radius 1 is 1.15 bits per heavy atom. The maximum Gasteiger partial charge on any atom is 0.262 e. The molecule has 1 atom stereocenters. The molecule has 1 amide bonds. The van der Waals surface area contributed by atoms with E-state index in [9.17, 15) is 13.2 Å². The van der Waals surface area contributed by atoms with Crippen molar-refractivity contribution in [2.45, 2.75) is 37.7 Å². The fraction of sp³-hybridized carbons (Fsp3) is 0.350. The van der Waals surface area contributed by atoms with Crippen molar-refractivity contribution in [3.63, 3.8) is 0 Å². The summed E-state index contributed by atoms with van der Waals surface area (Å²) in [5.74, 6) is -0.200. The van der Waals surface area contributed by atoms with E-state index in [1.165, 1.54) is 0 Å². The number of sulfonamides is 1. The van der Waals surface area contributed by atoms with Gasteiger partial charge in [-0.05, 0) is 68.1 Å². The minimum Gasteiger partial charge on any atom is -0.376 e. The second-order valence-electron chi connectivity index (χ2n) is 6.80. The summed E-state index contributed by atoms with van der Waals surface area (Å²) in [6.07, 6.45) is 2.06. The quantitative estimate of drug-likeness (QED) is 0.797. The summed E-state index contributed by atoms with van der Waals surface area (Å²) in [5.41, 5.74) is 2.44. The van der Waals surface area contributed by atoms with E-state index >= 15 is 0 Å². The van der Waals surface area contributed by atoms with E-state index in [0.717, 1.165) is 25.0 Å². The van der Waals surface area contributed by atoms with Gasteiger partial charge in [-0.2, -0.15) is 0 Å². The highest BCUT2D eigenvalue weighted by Crippen LogP contribution is 2.21. The smallest absolute Gasteiger partial charge is 0.262 e.